The molecule has 2 heterocycles. The fraction of sp³-hybridized carbons (Fsp3) is 0.0455. The maximum Gasteiger partial charge on any atom is 0.250 e. The SMILES string of the molecule is O=C(CSc1nnc(-c2ccncc2)n1-c1ccc(Br)cc1)N/N=C\c1ccccc1F. The highest BCUT2D eigenvalue weighted by Crippen LogP contribution is 2.28. The summed E-state index contributed by atoms with van der Waals surface area (Å²) in [5.74, 6) is -0.0701. The summed E-state index contributed by atoms with van der Waals surface area (Å²) in [5.41, 5.74) is 4.39. The third kappa shape index (κ3) is 5.27. The van der Waals surface area contributed by atoms with Crippen LogP contribution in [0.1, 0.15) is 5.56 Å². The number of halogens is 2. The highest BCUT2D eigenvalue weighted by molar-refractivity contribution is 9.10. The number of hydrogen-bond donors (Lipinski definition) is 1. The average Bonchev–Trinajstić information content (AvgIpc) is 3.24. The predicted molar refractivity (Wildman–Crippen MR) is 125 cm³/mol. The van der Waals surface area contributed by atoms with Crippen molar-refractivity contribution in [2.75, 3.05) is 5.75 Å². The number of benzene rings is 2. The second kappa shape index (κ2) is 10.3. The Kier molecular flexibility index (Phi) is 7.03. The molecule has 10 heteroatoms. The molecule has 0 spiro atoms. The van der Waals surface area contributed by atoms with Crippen molar-refractivity contribution in [3.05, 3.63) is 88.9 Å². The molecule has 0 aliphatic carbocycles. The van der Waals surface area contributed by atoms with Crippen LogP contribution in [-0.2, 0) is 4.79 Å². The van der Waals surface area contributed by atoms with E-state index in [-0.39, 0.29) is 17.2 Å². The van der Waals surface area contributed by atoms with Crippen LogP contribution < -0.4 is 5.43 Å². The van der Waals surface area contributed by atoms with E-state index >= 15 is 0 Å². The van der Waals surface area contributed by atoms with Crippen LogP contribution in [-0.4, -0.2) is 37.6 Å². The first-order valence-electron chi connectivity index (χ1n) is 9.43. The first kappa shape index (κ1) is 21.8. The summed E-state index contributed by atoms with van der Waals surface area (Å²) in [5, 5.41) is 13.0. The van der Waals surface area contributed by atoms with Crippen LogP contribution >= 0.6 is 27.7 Å². The van der Waals surface area contributed by atoms with Crippen LogP contribution in [0.4, 0.5) is 4.39 Å². The van der Waals surface area contributed by atoms with Crippen LogP contribution in [0.5, 0.6) is 0 Å². The van der Waals surface area contributed by atoms with Gasteiger partial charge in [0, 0.05) is 33.7 Å². The molecule has 1 amide bonds. The van der Waals surface area contributed by atoms with Gasteiger partial charge < -0.3 is 0 Å². The zero-order valence-corrected chi connectivity index (χ0v) is 18.9. The minimum absolute atomic E-state index is 0.0552. The Hall–Kier alpha value is -3.37. The number of pyridine rings is 1. The summed E-state index contributed by atoms with van der Waals surface area (Å²) in [6.07, 6.45) is 4.64. The van der Waals surface area contributed by atoms with Crippen LogP contribution in [0.15, 0.2) is 87.8 Å². The molecule has 0 radical (unpaired) electrons. The number of aromatic nitrogens is 4. The fourth-order valence-corrected chi connectivity index (χ4v) is 3.80. The van der Waals surface area contributed by atoms with E-state index in [1.807, 2.05) is 41.0 Å². The standard InChI is InChI=1S/C22H16BrFN6OS/c23-17-5-7-18(8-6-17)30-21(15-9-11-25-12-10-15)28-29-22(30)32-14-20(31)27-26-13-16-3-1-2-4-19(16)24/h1-13H,14H2,(H,27,31)/b26-13-. The van der Waals surface area contributed by atoms with Gasteiger partial charge in [-0.2, -0.15) is 5.10 Å². The summed E-state index contributed by atoms with van der Waals surface area (Å²) in [6, 6.07) is 17.6. The molecule has 160 valence electrons. The molecule has 2 aromatic heterocycles. The Bertz CT molecular complexity index is 1250. The molecular weight excluding hydrogens is 495 g/mol. The fourth-order valence-electron chi connectivity index (χ4n) is 2.79. The molecule has 4 rings (SSSR count). The van der Waals surface area contributed by atoms with Crippen molar-refractivity contribution in [1.82, 2.24) is 25.2 Å². The zero-order chi connectivity index (χ0) is 22.3. The molecule has 2 aromatic carbocycles. The lowest BCUT2D eigenvalue weighted by Crippen LogP contribution is -2.20. The summed E-state index contributed by atoms with van der Waals surface area (Å²) < 4.78 is 16.4. The first-order valence-corrected chi connectivity index (χ1v) is 11.2. The highest BCUT2D eigenvalue weighted by atomic mass is 79.9. The number of carbonyl (C=O) groups excluding carboxylic acids is 1. The van der Waals surface area contributed by atoms with Crippen molar-refractivity contribution in [1.29, 1.82) is 0 Å². The van der Waals surface area contributed by atoms with Gasteiger partial charge in [-0.3, -0.25) is 14.3 Å². The number of hydrogen-bond acceptors (Lipinski definition) is 6. The number of nitrogens with one attached hydrogen (secondary N) is 1. The van der Waals surface area contributed by atoms with E-state index in [0.717, 1.165) is 15.7 Å². The molecule has 32 heavy (non-hydrogen) atoms. The Labute approximate surface area is 195 Å². The molecule has 0 saturated heterocycles. The third-order valence-electron chi connectivity index (χ3n) is 4.29. The molecule has 0 aliphatic heterocycles. The lowest BCUT2D eigenvalue weighted by molar-refractivity contribution is -0.118. The number of hydrazone groups is 1. The van der Waals surface area contributed by atoms with E-state index in [2.05, 4.69) is 41.6 Å². The Balaban J connectivity index is 1.51. The van der Waals surface area contributed by atoms with Crippen molar-refractivity contribution in [2.24, 2.45) is 5.10 Å². The van der Waals surface area contributed by atoms with Crippen molar-refractivity contribution in [3.8, 4) is 17.1 Å². The van der Waals surface area contributed by atoms with Gasteiger partial charge in [0.15, 0.2) is 11.0 Å². The quantitative estimate of drug-likeness (QED) is 0.225. The summed E-state index contributed by atoms with van der Waals surface area (Å²) in [7, 11) is 0. The minimum Gasteiger partial charge on any atom is -0.272 e. The van der Waals surface area contributed by atoms with E-state index in [1.54, 1.807) is 30.6 Å². The van der Waals surface area contributed by atoms with E-state index < -0.39 is 5.82 Å². The Morgan fingerprint density at radius 3 is 2.59 bits per heavy atom. The predicted octanol–water partition coefficient (Wildman–Crippen LogP) is 4.47. The van der Waals surface area contributed by atoms with Gasteiger partial charge in [-0.25, -0.2) is 9.82 Å². The van der Waals surface area contributed by atoms with Crippen molar-refractivity contribution in [2.45, 2.75) is 5.16 Å². The van der Waals surface area contributed by atoms with Gasteiger partial charge in [0.2, 0.25) is 0 Å². The second-order valence-corrected chi connectivity index (χ2v) is 8.32. The smallest absolute Gasteiger partial charge is 0.250 e. The van der Waals surface area contributed by atoms with Gasteiger partial charge in [0.05, 0.1) is 12.0 Å². The largest absolute Gasteiger partial charge is 0.272 e. The summed E-state index contributed by atoms with van der Waals surface area (Å²) in [6.45, 7) is 0. The van der Waals surface area contributed by atoms with Crippen molar-refractivity contribution in [3.63, 3.8) is 0 Å². The Morgan fingerprint density at radius 2 is 1.84 bits per heavy atom. The third-order valence-corrected chi connectivity index (χ3v) is 5.74. The molecular formula is C22H16BrFN6OS. The van der Waals surface area contributed by atoms with E-state index in [0.29, 0.717) is 11.0 Å². The summed E-state index contributed by atoms with van der Waals surface area (Å²) >= 11 is 4.66. The minimum atomic E-state index is -0.411. The van der Waals surface area contributed by atoms with Gasteiger partial charge in [-0.15, -0.1) is 10.2 Å². The molecule has 4 aromatic rings. The monoisotopic (exact) mass is 510 g/mol. The number of amides is 1. The maximum absolute atomic E-state index is 13.6. The van der Waals surface area contributed by atoms with Gasteiger partial charge in [0.1, 0.15) is 5.82 Å². The molecule has 0 fully saturated rings. The lowest BCUT2D eigenvalue weighted by Gasteiger charge is -2.10. The van der Waals surface area contributed by atoms with Crippen LogP contribution in [0.2, 0.25) is 0 Å². The second-order valence-electron chi connectivity index (χ2n) is 6.46. The van der Waals surface area contributed by atoms with Gasteiger partial charge in [-0.05, 0) is 42.5 Å². The van der Waals surface area contributed by atoms with Crippen LogP contribution in [0, 0.1) is 5.82 Å². The van der Waals surface area contributed by atoms with Crippen LogP contribution in [0.3, 0.4) is 0 Å². The molecule has 0 saturated carbocycles. The Morgan fingerprint density at radius 1 is 1.09 bits per heavy atom. The van der Waals surface area contributed by atoms with Crippen molar-refractivity contribution >= 4 is 39.8 Å². The topological polar surface area (TPSA) is 85.1 Å². The maximum atomic E-state index is 13.6. The molecule has 0 atom stereocenters. The lowest BCUT2D eigenvalue weighted by atomic mass is 10.2. The van der Waals surface area contributed by atoms with Gasteiger partial charge in [-0.1, -0.05) is 45.9 Å². The molecule has 0 bridgehead atoms. The van der Waals surface area contributed by atoms with E-state index in [4.69, 9.17) is 0 Å². The van der Waals surface area contributed by atoms with E-state index in [1.165, 1.54) is 24.0 Å². The van der Waals surface area contributed by atoms with Gasteiger partial charge >= 0.3 is 0 Å². The summed E-state index contributed by atoms with van der Waals surface area (Å²) in [4.78, 5) is 16.3. The zero-order valence-electron chi connectivity index (χ0n) is 16.5. The molecule has 1 N–H and O–H groups in total. The first-order chi connectivity index (χ1) is 15.6. The molecule has 7 nitrogen and oxygen atoms in total. The normalized spacial score (nSPS) is 11.1. The number of thioether (sulfide) groups is 1. The van der Waals surface area contributed by atoms with E-state index in [9.17, 15) is 9.18 Å². The number of carbonyl (C=O) groups is 1. The average molecular weight is 511 g/mol. The molecule has 0 aliphatic rings. The number of rotatable bonds is 7. The van der Waals surface area contributed by atoms with Crippen LogP contribution in [0.25, 0.3) is 17.1 Å². The van der Waals surface area contributed by atoms with Gasteiger partial charge in [0.25, 0.3) is 5.91 Å². The van der Waals surface area contributed by atoms with Crippen molar-refractivity contribution < 1.29 is 9.18 Å². The highest BCUT2D eigenvalue weighted by Gasteiger charge is 2.17. The number of nitrogens with zero attached hydrogens (tertiary/aromatic N) is 5. The molecule has 0 unspecified atom stereocenters.